The third-order valence-corrected chi connectivity index (χ3v) is 10.9. The summed E-state index contributed by atoms with van der Waals surface area (Å²) in [6.45, 7) is 41.0. The van der Waals surface area contributed by atoms with Gasteiger partial charge in [0, 0.05) is 27.8 Å². The van der Waals surface area contributed by atoms with Crippen LogP contribution >= 0.6 is 0 Å². The van der Waals surface area contributed by atoms with Crippen LogP contribution in [0.1, 0.15) is 180 Å². The first-order chi connectivity index (χ1) is 23.0. The van der Waals surface area contributed by atoms with Gasteiger partial charge < -0.3 is 9.84 Å². The van der Waals surface area contributed by atoms with Crippen LogP contribution in [-0.4, -0.2) is 5.11 Å². The molecule has 1 aliphatic rings. The molecule has 0 saturated heterocycles. The summed E-state index contributed by atoms with van der Waals surface area (Å²) in [6.07, 6.45) is 0. The Kier molecular flexibility index (Phi) is 9.11. The summed E-state index contributed by atoms with van der Waals surface area (Å²) in [4.78, 5) is 0. The van der Waals surface area contributed by atoms with Crippen LogP contribution in [0, 0.1) is 0 Å². The molecule has 1 aliphatic heterocycles. The van der Waals surface area contributed by atoms with Gasteiger partial charge in [-0.15, -0.1) is 0 Å². The van der Waals surface area contributed by atoms with Gasteiger partial charge in [0.1, 0.15) is 17.2 Å². The number of hydrogen-bond acceptors (Lipinski definition) is 2. The molecule has 5 rings (SSSR count). The molecule has 0 spiro atoms. The lowest BCUT2D eigenvalue weighted by atomic mass is 9.59. The van der Waals surface area contributed by atoms with E-state index < -0.39 is 5.41 Å². The second-order valence-corrected chi connectivity index (χ2v) is 21.4. The lowest BCUT2D eigenvalue weighted by molar-refractivity contribution is 0.388. The first kappa shape index (κ1) is 38.7. The monoisotopic (exact) mass is 687 g/mol. The quantitative estimate of drug-likeness (QED) is 0.200. The maximum atomic E-state index is 13.0. The molecule has 2 nitrogen and oxygen atoms in total. The summed E-state index contributed by atoms with van der Waals surface area (Å²) in [6, 6.07) is 25.1. The van der Waals surface area contributed by atoms with Crippen molar-refractivity contribution in [1.82, 2.24) is 0 Å². The van der Waals surface area contributed by atoms with E-state index in [0.29, 0.717) is 5.75 Å². The van der Waals surface area contributed by atoms with Crippen molar-refractivity contribution < 1.29 is 9.84 Å². The van der Waals surface area contributed by atoms with Gasteiger partial charge in [0.2, 0.25) is 0 Å². The number of fused-ring (bicyclic) bond motifs is 2. The molecule has 51 heavy (non-hydrogen) atoms. The maximum Gasteiger partial charge on any atom is 0.135 e. The summed E-state index contributed by atoms with van der Waals surface area (Å²) in [5.74, 6) is 2.16. The third-order valence-electron chi connectivity index (χ3n) is 10.9. The molecule has 274 valence electrons. The number of hydrogen-bond donors (Lipinski definition) is 1. The molecule has 0 fully saturated rings. The second-order valence-electron chi connectivity index (χ2n) is 21.4. The zero-order chi connectivity index (χ0) is 38.5. The minimum atomic E-state index is -0.905. The third kappa shape index (κ3) is 6.78. The molecule has 4 aromatic rings. The minimum absolute atomic E-state index is 0.132. The Morgan fingerprint density at radius 2 is 0.745 bits per heavy atom. The summed E-state index contributed by atoms with van der Waals surface area (Å²) in [7, 11) is 0. The molecular formula is C49H66O2. The van der Waals surface area contributed by atoms with E-state index in [0.717, 1.165) is 39.3 Å². The molecule has 4 aromatic carbocycles. The van der Waals surface area contributed by atoms with Crippen molar-refractivity contribution in [3.63, 3.8) is 0 Å². The number of ether oxygens (including phenoxy) is 1. The first-order valence-electron chi connectivity index (χ1n) is 19.0. The van der Waals surface area contributed by atoms with Crippen LogP contribution in [0.2, 0.25) is 0 Å². The SMILES string of the molecule is CC(C)(C)c1cc(C(C)(C)C)c(O)c(C2(c3ccccc3)c3cc(C(C)(C)C)cc(C(C)(C)C)c3Oc3c(C(C)(C)C)cc(C(C)(C)C)cc32)c1. The Morgan fingerprint density at radius 3 is 1.08 bits per heavy atom. The zero-order valence-electron chi connectivity index (χ0n) is 35.2. The van der Waals surface area contributed by atoms with Crippen molar-refractivity contribution in [2.24, 2.45) is 0 Å². The van der Waals surface area contributed by atoms with Crippen LogP contribution in [0.3, 0.4) is 0 Å². The van der Waals surface area contributed by atoms with Crippen molar-refractivity contribution in [2.75, 3.05) is 0 Å². The predicted molar refractivity (Wildman–Crippen MR) is 219 cm³/mol. The van der Waals surface area contributed by atoms with Crippen molar-refractivity contribution in [2.45, 2.75) is 163 Å². The van der Waals surface area contributed by atoms with Crippen LogP contribution in [0.4, 0.5) is 0 Å². The van der Waals surface area contributed by atoms with E-state index in [-0.39, 0.29) is 32.5 Å². The molecule has 1 heterocycles. The molecule has 0 saturated carbocycles. The lowest BCUT2D eigenvalue weighted by Gasteiger charge is -2.46. The molecule has 0 atom stereocenters. The highest BCUT2D eigenvalue weighted by Crippen LogP contribution is 2.62. The lowest BCUT2D eigenvalue weighted by Crippen LogP contribution is -2.38. The largest absolute Gasteiger partial charge is 0.507 e. The average molecular weight is 687 g/mol. The molecule has 0 aliphatic carbocycles. The van der Waals surface area contributed by atoms with Gasteiger partial charge in [-0.25, -0.2) is 0 Å². The van der Waals surface area contributed by atoms with Gasteiger partial charge in [-0.3, -0.25) is 0 Å². The minimum Gasteiger partial charge on any atom is -0.507 e. The molecular weight excluding hydrogens is 621 g/mol. The van der Waals surface area contributed by atoms with Gasteiger partial charge in [-0.1, -0.05) is 173 Å². The van der Waals surface area contributed by atoms with E-state index in [1.54, 1.807) is 0 Å². The highest BCUT2D eigenvalue weighted by atomic mass is 16.5. The normalized spacial score (nSPS) is 15.3. The van der Waals surface area contributed by atoms with E-state index in [9.17, 15) is 5.11 Å². The molecule has 0 aromatic heterocycles. The Balaban J connectivity index is 2.24. The number of phenolic OH excluding ortho intramolecular Hbond substituents is 1. The van der Waals surface area contributed by atoms with E-state index in [1.807, 2.05) is 0 Å². The van der Waals surface area contributed by atoms with Crippen LogP contribution in [0.25, 0.3) is 0 Å². The van der Waals surface area contributed by atoms with Gasteiger partial charge in [-0.2, -0.15) is 0 Å². The van der Waals surface area contributed by atoms with Crippen LogP contribution in [-0.2, 0) is 37.9 Å². The number of rotatable bonds is 2. The van der Waals surface area contributed by atoms with Crippen LogP contribution in [0.5, 0.6) is 17.2 Å². The average Bonchev–Trinajstić information content (AvgIpc) is 2.96. The van der Waals surface area contributed by atoms with Gasteiger partial charge in [-0.05, 0) is 78.5 Å². The summed E-state index contributed by atoms with van der Waals surface area (Å²) >= 11 is 0. The Labute approximate surface area is 311 Å². The standard InChI is InChI=1S/C49H66O2/c1-43(2,3)31-24-34(46(10,11)12)40(50)35(25-31)49(30-22-20-19-21-23-30)38-28-32(44(4,5)6)26-36(47(13,14)15)41(38)51-42-37(48(16,17)18)27-33(29-39(42)49)45(7,8)9/h19-29,50H,1-18H3. The van der Waals surface area contributed by atoms with Crippen molar-refractivity contribution in [1.29, 1.82) is 0 Å². The number of benzene rings is 4. The van der Waals surface area contributed by atoms with Crippen molar-refractivity contribution in [3.05, 3.63) is 122 Å². The fourth-order valence-electron chi connectivity index (χ4n) is 7.63. The van der Waals surface area contributed by atoms with Gasteiger partial charge >= 0.3 is 0 Å². The Morgan fingerprint density at radius 1 is 0.412 bits per heavy atom. The van der Waals surface area contributed by atoms with Crippen molar-refractivity contribution >= 4 is 0 Å². The number of phenols is 1. The van der Waals surface area contributed by atoms with E-state index in [2.05, 4.69) is 191 Å². The topological polar surface area (TPSA) is 29.5 Å². The predicted octanol–water partition coefficient (Wildman–Crippen LogP) is 13.7. The summed E-state index contributed by atoms with van der Waals surface area (Å²) < 4.78 is 7.48. The Bertz CT molecular complexity index is 1830. The van der Waals surface area contributed by atoms with Gasteiger partial charge in [0.15, 0.2) is 0 Å². The summed E-state index contributed by atoms with van der Waals surface area (Å²) in [5.41, 5.74) is 9.17. The maximum absolute atomic E-state index is 13.0. The first-order valence-corrected chi connectivity index (χ1v) is 19.0. The molecule has 0 bridgehead atoms. The van der Waals surface area contributed by atoms with E-state index >= 15 is 0 Å². The van der Waals surface area contributed by atoms with Gasteiger partial charge in [0.05, 0.1) is 5.41 Å². The van der Waals surface area contributed by atoms with E-state index in [4.69, 9.17) is 4.74 Å². The van der Waals surface area contributed by atoms with Crippen LogP contribution < -0.4 is 4.74 Å². The highest BCUT2D eigenvalue weighted by Gasteiger charge is 2.51. The van der Waals surface area contributed by atoms with Gasteiger partial charge in [0.25, 0.3) is 0 Å². The Hall–Kier alpha value is -3.52. The highest BCUT2D eigenvalue weighted by molar-refractivity contribution is 5.76. The molecule has 2 heteroatoms. The second kappa shape index (κ2) is 12.0. The molecule has 0 amide bonds. The van der Waals surface area contributed by atoms with Crippen LogP contribution in [0.15, 0.2) is 66.7 Å². The molecule has 1 N–H and O–H groups in total. The molecule has 0 unspecified atom stereocenters. The molecule has 0 radical (unpaired) electrons. The van der Waals surface area contributed by atoms with Crippen molar-refractivity contribution in [3.8, 4) is 17.2 Å². The zero-order valence-corrected chi connectivity index (χ0v) is 35.2. The fraction of sp³-hybridized carbons (Fsp3) is 0.510. The fourth-order valence-corrected chi connectivity index (χ4v) is 7.63. The summed E-state index contributed by atoms with van der Waals surface area (Å²) in [5, 5.41) is 13.0. The van der Waals surface area contributed by atoms with E-state index in [1.165, 1.54) is 27.8 Å². The number of aromatic hydroxyl groups is 1. The smallest absolute Gasteiger partial charge is 0.135 e.